The fraction of sp³-hybridized carbons (Fsp3) is 0.409. The average Bonchev–Trinajstić information content (AvgIpc) is 3.11. The van der Waals surface area contributed by atoms with Crippen LogP contribution in [0.1, 0.15) is 55.6 Å². The minimum atomic E-state index is -0.649. The van der Waals surface area contributed by atoms with E-state index in [1.54, 1.807) is 25.2 Å². The number of hydrogen-bond donors (Lipinski definition) is 1. The number of aryl methyl sites for hydroxylation is 4. The molecule has 2 heterocycles. The number of benzene rings is 1. The lowest BCUT2D eigenvalue weighted by Crippen LogP contribution is -2.34. The van der Waals surface area contributed by atoms with Gasteiger partial charge >= 0.3 is 0 Å². The van der Waals surface area contributed by atoms with Crippen LogP contribution in [-0.4, -0.2) is 15.5 Å². The zero-order chi connectivity index (χ0) is 20.4. The number of carbonyl (C=O) groups is 1. The van der Waals surface area contributed by atoms with Gasteiger partial charge in [0.15, 0.2) is 0 Å². The largest absolute Gasteiger partial charge is 0.324 e. The Hall–Kier alpha value is -2.47. The van der Waals surface area contributed by atoms with Crippen LogP contribution in [0, 0.1) is 6.92 Å². The first-order chi connectivity index (χ1) is 13.4. The summed E-state index contributed by atoms with van der Waals surface area (Å²) >= 11 is 1.54. The molecule has 5 nitrogen and oxygen atoms in total. The standard InChI is InChI=1S/C22H27N3O2S/c1-6-15-10-9-11-16(7-2)19(15)24-20(26)13(4)25-14(5)23-21-18(22(25)27)12-17(8-3)28-21/h9-13H,6-8H2,1-5H3,(H,24,26). The van der Waals surface area contributed by atoms with E-state index in [0.717, 1.165) is 45.8 Å². The molecule has 1 unspecified atom stereocenters. The second-order valence-corrected chi connectivity index (χ2v) is 8.06. The first-order valence-electron chi connectivity index (χ1n) is 9.84. The number of amides is 1. The molecule has 0 radical (unpaired) electrons. The highest BCUT2D eigenvalue weighted by Gasteiger charge is 2.22. The molecule has 0 saturated carbocycles. The van der Waals surface area contributed by atoms with Crippen molar-refractivity contribution in [1.82, 2.24) is 9.55 Å². The smallest absolute Gasteiger partial charge is 0.263 e. The Morgan fingerprint density at radius 2 is 1.82 bits per heavy atom. The van der Waals surface area contributed by atoms with Crippen molar-refractivity contribution < 1.29 is 4.79 Å². The van der Waals surface area contributed by atoms with Crippen molar-refractivity contribution in [3.8, 4) is 0 Å². The quantitative estimate of drug-likeness (QED) is 0.658. The van der Waals surface area contributed by atoms with Crippen LogP contribution in [0.3, 0.4) is 0 Å². The number of carbonyl (C=O) groups excluding carboxylic acids is 1. The highest BCUT2D eigenvalue weighted by atomic mass is 32.1. The molecular weight excluding hydrogens is 370 g/mol. The van der Waals surface area contributed by atoms with Gasteiger partial charge in [-0.15, -0.1) is 11.3 Å². The van der Waals surface area contributed by atoms with Gasteiger partial charge in [-0.25, -0.2) is 4.98 Å². The molecule has 2 aromatic heterocycles. The second kappa shape index (κ2) is 8.27. The highest BCUT2D eigenvalue weighted by molar-refractivity contribution is 7.18. The van der Waals surface area contributed by atoms with E-state index in [1.165, 1.54) is 4.57 Å². The average molecular weight is 398 g/mol. The Kier molecular flexibility index (Phi) is 5.98. The Bertz CT molecular complexity index is 1060. The van der Waals surface area contributed by atoms with Gasteiger partial charge in [-0.1, -0.05) is 39.0 Å². The van der Waals surface area contributed by atoms with E-state index in [1.807, 2.05) is 24.3 Å². The third-order valence-corrected chi connectivity index (χ3v) is 6.36. The number of hydrogen-bond acceptors (Lipinski definition) is 4. The summed E-state index contributed by atoms with van der Waals surface area (Å²) in [6.45, 7) is 9.74. The topological polar surface area (TPSA) is 64.0 Å². The molecule has 0 aliphatic rings. The van der Waals surface area contributed by atoms with Crippen LogP contribution in [0.2, 0.25) is 0 Å². The van der Waals surface area contributed by atoms with E-state index in [0.29, 0.717) is 11.2 Å². The molecule has 0 fully saturated rings. The summed E-state index contributed by atoms with van der Waals surface area (Å²) < 4.78 is 1.50. The van der Waals surface area contributed by atoms with Gasteiger partial charge in [-0.2, -0.15) is 0 Å². The lowest BCUT2D eigenvalue weighted by molar-refractivity contribution is -0.118. The SMILES string of the molecule is CCc1cc2c(=O)n(C(C)C(=O)Nc3c(CC)cccc3CC)c(C)nc2s1. The van der Waals surface area contributed by atoms with Crippen molar-refractivity contribution in [2.45, 2.75) is 59.9 Å². The van der Waals surface area contributed by atoms with Crippen molar-refractivity contribution in [1.29, 1.82) is 0 Å². The summed E-state index contributed by atoms with van der Waals surface area (Å²) in [5.41, 5.74) is 2.92. The molecule has 1 aromatic carbocycles. The van der Waals surface area contributed by atoms with Gasteiger partial charge in [0.1, 0.15) is 16.7 Å². The number of rotatable bonds is 6. The summed E-state index contributed by atoms with van der Waals surface area (Å²) in [5.74, 6) is 0.358. The number of para-hydroxylation sites is 1. The molecule has 0 spiro atoms. The summed E-state index contributed by atoms with van der Waals surface area (Å²) in [6.07, 6.45) is 2.53. The number of anilines is 1. The van der Waals surface area contributed by atoms with Crippen molar-refractivity contribution in [3.63, 3.8) is 0 Å². The van der Waals surface area contributed by atoms with E-state index in [9.17, 15) is 9.59 Å². The molecule has 6 heteroatoms. The van der Waals surface area contributed by atoms with Crippen LogP contribution in [0.5, 0.6) is 0 Å². The Labute approximate surface area is 169 Å². The fourth-order valence-electron chi connectivity index (χ4n) is 3.52. The zero-order valence-corrected chi connectivity index (χ0v) is 17.9. The third kappa shape index (κ3) is 3.61. The molecule has 148 valence electrons. The van der Waals surface area contributed by atoms with Gasteiger partial charge in [0.05, 0.1) is 5.39 Å². The van der Waals surface area contributed by atoms with Crippen LogP contribution in [0.25, 0.3) is 10.2 Å². The van der Waals surface area contributed by atoms with Crippen LogP contribution in [-0.2, 0) is 24.1 Å². The summed E-state index contributed by atoms with van der Waals surface area (Å²) in [5, 5.41) is 3.67. The predicted octanol–water partition coefficient (Wildman–Crippen LogP) is 4.65. The molecule has 1 amide bonds. The van der Waals surface area contributed by atoms with E-state index in [4.69, 9.17) is 0 Å². The van der Waals surface area contributed by atoms with Crippen LogP contribution >= 0.6 is 11.3 Å². The van der Waals surface area contributed by atoms with Crippen molar-refractivity contribution in [3.05, 3.63) is 56.4 Å². The van der Waals surface area contributed by atoms with Gasteiger partial charge in [-0.3, -0.25) is 14.2 Å². The summed E-state index contributed by atoms with van der Waals surface area (Å²) in [7, 11) is 0. The van der Waals surface area contributed by atoms with Crippen LogP contribution < -0.4 is 10.9 Å². The molecule has 3 aromatic rings. The monoisotopic (exact) mass is 397 g/mol. The Morgan fingerprint density at radius 1 is 1.18 bits per heavy atom. The van der Waals surface area contributed by atoms with Crippen molar-refractivity contribution >= 4 is 33.1 Å². The number of fused-ring (bicyclic) bond motifs is 1. The maximum Gasteiger partial charge on any atom is 0.263 e. The van der Waals surface area contributed by atoms with Gasteiger partial charge in [0.2, 0.25) is 5.91 Å². The molecule has 1 N–H and O–H groups in total. The summed E-state index contributed by atoms with van der Waals surface area (Å²) in [4.78, 5) is 32.6. The predicted molar refractivity (Wildman–Crippen MR) is 117 cm³/mol. The normalized spacial score (nSPS) is 12.3. The molecule has 3 rings (SSSR count). The first kappa shape index (κ1) is 20.3. The molecule has 28 heavy (non-hydrogen) atoms. The van der Waals surface area contributed by atoms with Gasteiger partial charge < -0.3 is 5.32 Å². The lowest BCUT2D eigenvalue weighted by atomic mass is 10.0. The minimum absolute atomic E-state index is 0.152. The van der Waals surface area contributed by atoms with Gasteiger partial charge in [-0.05, 0) is 50.3 Å². The molecule has 1 atom stereocenters. The first-order valence-corrected chi connectivity index (χ1v) is 10.7. The zero-order valence-electron chi connectivity index (χ0n) is 17.1. The van der Waals surface area contributed by atoms with E-state index in [2.05, 4.69) is 31.1 Å². The van der Waals surface area contributed by atoms with Crippen LogP contribution in [0.15, 0.2) is 29.1 Å². The third-order valence-electron chi connectivity index (χ3n) is 5.19. The maximum atomic E-state index is 13.1. The van der Waals surface area contributed by atoms with Crippen molar-refractivity contribution in [2.75, 3.05) is 5.32 Å². The number of aromatic nitrogens is 2. The van der Waals surface area contributed by atoms with Gasteiger partial charge in [0.25, 0.3) is 5.56 Å². The molecule has 0 bridgehead atoms. The number of nitrogens with zero attached hydrogens (tertiary/aromatic N) is 2. The van der Waals surface area contributed by atoms with Gasteiger partial charge in [0, 0.05) is 10.6 Å². The lowest BCUT2D eigenvalue weighted by Gasteiger charge is -2.20. The Morgan fingerprint density at radius 3 is 2.39 bits per heavy atom. The molecular formula is C22H27N3O2S. The van der Waals surface area contributed by atoms with Crippen molar-refractivity contribution in [2.24, 2.45) is 0 Å². The highest BCUT2D eigenvalue weighted by Crippen LogP contribution is 2.25. The molecule has 0 saturated heterocycles. The molecule has 0 aliphatic carbocycles. The number of nitrogens with one attached hydrogen (secondary N) is 1. The molecule has 0 aliphatic heterocycles. The van der Waals surface area contributed by atoms with E-state index in [-0.39, 0.29) is 11.5 Å². The fourth-order valence-corrected chi connectivity index (χ4v) is 4.53. The Balaban J connectivity index is 2.00. The second-order valence-electron chi connectivity index (χ2n) is 6.94. The number of thiophene rings is 1. The summed E-state index contributed by atoms with van der Waals surface area (Å²) in [6, 6.07) is 7.33. The maximum absolute atomic E-state index is 13.1. The van der Waals surface area contributed by atoms with E-state index < -0.39 is 6.04 Å². The van der Waals surface area contributed by atoms with E-state index >= 15 is 0 Å². The van der Waals surface area contributed by atoms with Crippen LogP contribution in [0.4, 0.5) is 5.69 Å². The minimum Gasteiger partial charge on any atom is -0.324 e.